The maximum atomic E-state index is 11.9. The van der Waals surface area contributed by atoms with Crippen LogP contribution in [0.25, 0.3) is 0 Å². The van der Waals surface area contributed by atoms with E-state index in [4.69, 9.17) is 0 Å². The van der Waals surface area contributed by atoms with Crippen LogP contribution in [-0.4, -0.2) is 33.3 Å². The maximum Gasteiger partial charge on any atom is 0.211 e. The highest BCUT2D eigenvalue weighted by Crippen LogP contribution is 2.22. The summed E-state index contributed by atoms with van der Waals surface area (Å²) in [6.07, 6.45) is 4.96. The highest BCUT2D eigenvalue weighted by Gasteiger charge is 2.17. The Balaban J connectivity index is 1.67. The number of nitrogens with one attached hydrogen (secondary N) is 2. The zero-order valence-corrected chi connectivity index (χ0v) is 14.6. The number of rotatable bonds is 7. The number of thiophene rings is 1. The smallest absolute Gasteiger partial charge is 0.211 e. The SMILES string of the molecule is O=S(=O)(CCC1CCCCN1)NCCc1ccc(Br)s1. The molecular formula is C13H21BrN2O2S2. The molecule has 0 aliphatic carbocycles. The minimum Gasteiger partial charge on any atom is -0.314 e. The molecule has 1 saturated heterocycles. The molecule has 2 heterocycles. The Morgan fingerprint density at radius 3 is 2.90 bits per heavy atom. The van der Waals surface area contributed by atoms with Crippen molar-refractivity contribution in [3.63, 3.8) is 0 Å². The van der Waals surface area contributed by atoms with Crippen molar-refractivity contribution in [3.8, 4) is 0 Å². The van der Waals surface area contributed by atoms with Crippen molar-refractivity contribution in [3.05, 3.63) is 20.8 Å². The fraction of sp³-hybridized carbons (Fsp3) is 0.692. The summed E-state index contributed by atoms with van der Waals surface area (Å²) in [5.74, 6) is 0.221. The minimum absolute atomic E-state index is 0.221. The molecule has 0 saturated carbocycles. The van der Waals surface area contributed by atoms with E-state index in [9.17, 15) is 8.42 Å². The second kappa shape index (κ2) is 7.89. The van der Waals surface area contributed by atoms with Crippen LogP contribution in [0.5, 0.6) is 0 Å². The molecule has 20 heavy (non-hydrogen) atoms. The van der Waals surface area contributed by atoms with Crippen molar-refractivity contribution in [2.45, 2.75) is 38.1 Å². The summed E-state index contributed by atoms with van der Waals surface area (Å²) in [6.45, 7) is 1.50. The molecule has 7 heteroatoms. The molecule has 1 aliphatic heterocycles. The van der Waals surface area contributed by atoms with E-state index >= 15 is 0 Å². The average molecular weight is 381 g/mol. The van der Waals surface area contributed by atoms with Gasteiger partial charge in [0.05, 0.1) is 9.54 Å². The van der Waals surface area contributed by atoms with Crippen molar-refractivity contribution < 1.29 is 8.42 Å². The van der Waals surface area contributed by atoms with Gasteiger partial charge in [-0.25, -0.2) is 13.1 Å². The van der Waals surface area contributed by atoms with Crippen LogP contribution >= 0.6 is 27.3 Å². The Labute approximate surface area is 133 Å². The largest absolute Gasteiger partial charge is 0.314 e. The summed E-state index contributed by atoms with van der Waals surface area (Å²) in [5, 5.41) is 3.38. The predicted molar refractivity (Wildman–Crippen MR) is 87.8 cm³/mol. The quantitative estimate of drug-likeness (QED) is 0.763. The van der Waals surface area contributed by atoms with Crippen LogP contribution in [0, 0.1) is 0 Å². The Bertz CT molecular complexity index is 510. The van der Waals surface area contributed by atoms with Crippen molar-refractivity contribution in [2.24, 2.45) is 0 Å². The van der Waals surface area contributed by atoms with E-state index in [0.29, 0.717) is 19.0 Å². The van der Waals surface area contributed by atoms with Gasteiger partial charge in [-0.15, -0.1) is 11.3 Å². The fourth-order valence-corrected chi connectivity index (χ4v) is 4.99. The summed E-state index contributed by atoms with van der Waals surface area (Å²) in [5.41, 5.74) is 0. The summed E-state index contributed by atoms with van der Waals surface area (Å²) < 4.78 is 27.6. The number of piperidine rings is 1. The van der Waals surface area contributed by atoms with Crippen LogP contribution in [0.4, 0.5) is 0 Å². The molecule has 0 amide bonds. The predicted octanol–water partition coefficient (Wildman–Crippen LogP) is 2.50. The maximum absolute atomic E-state index is 11.9. The first-order chi connectivity index (χ1) is 9.55. The van der Waals surface area contributed by atoms with Gasteiger partial charge < -0.3 is 5.32 Å². The second-order valence-electron chi connectivity index (χ2n) is 5.10. The molecule has 0 bridgehead atoms. The molecule has 1 fully saturated rings. The molecule has 4 nitrogen and oxygen atoms in total. The monoisotopic (exact) mass is 380 g/mol. The third-order valence-corrected chi connectivity index (χ3v) is 6.57. The van der Waals surface area contributed by atoms with Gasteiger partial charge in [0.25, 0.3) is 0 Å². The lowest BCUT2D eigenvalue weighted by Crippen LogP contribution is -2.37. The minimum atomic E-state index is -3.14. The lowest BCUT2D eigenvalue weighted by Gasteiger charge is -2.23. The topological polar surface area (TPSA) is 58.2 Å². The van der Waals surface area contributed by atoms with Gasteiger partial charge in [-0.1, -0.05) is 6.42 Å². The lowest BCUT2D eigenvalue weighted by molar-refractivity contribution is 0.392. The number of halogens is 1. The average Bonchev–Trinajstić information content (AvgIpc) is 2.83. The van der Waals surface area contributed by atoms with Crippen LogP contribution in [-0.2, 0) is 16.4 Å². The Kier molecular flexibility index (Phi) is 6.48. The van der Waals surface area contributed by atoms with Crippen LogP contribution < -0.4 is 10.0 Å². The fourth-order valence-electron chi connectivity index (χ4n) is 2.36. The van der Waals surface area contributed by atoms with E-state index < -0.39 is 10.0 Å². The first-order valence-corrected chi connectivity index (χ1v) is 10.3. The van der Waals surface area contributed by atoms with Gasteiger partial charge in [-0.2, -0.15) is 0 Å². The molecule has 2 N–H and O–H groups in total. The molecule has 1 unspecified atom stereocenters. The summed E-state index contributed by atoms with van der Waals surface area (Å²) in [7, 11) is -3.14. The van der Waals surface area contributed by atoms with E-state index in [1.54, 1.807) is 11.3 Å². The van der Waals surface area contributed by atoms with Gasteiger partial charge in [0.2, 0.25) is 10.0 Å². The number of hydrogen-bond donors (Lipinski definition) is 2. The van der Waals surface area contributed by atoms with Gasteiger partial charge >= 0.3 is 0 Å². The third kappa shape index (κ3) is 5.81. The third-order valence-electron chi connectivity index (χ3n) is 3.47. The van der Waals surface area contributed by atoms with Gasteiger partial charge in [-0.05, 0) is 60.3 Å². The highest BCUT2D eigenvalue weighted by atomic mass is 79.9. The van der Waals surface area contributed by atoms with Gasteiger partial charge in [0.15, 0.2) is 0 Å². The Morgan fingerprint density at radius 2 is 2.25 bits per heavy atom. The molecule has 1 aromatic heterocycles. The summed E-state index contributed by atoms with van der Waals surface area (Å²) in [6, 6.07) is 4.38. The number of hydrogen-bond acceptors (Lipinski definition) is 4. The molecule has 0 radical (unpaired) electrons. The van der Waals surface area contributed by atoms with E-state index in [1.807, 2.05) is 12.1 Å². The summed E-state index contributed by atoms with van der Waals surface area (Å²) in [4.78, 5) is 1.19. The second-order valence-corrected chi connectivity index (χ2v) is 9.58. The molecule has 0 spiro atoms. The molecule has 1 aromatic rings. The van der Waals surface area contributed by atoms with E-state index in [-0.39, 0.29) is 5.75 Å². The van der Waals surface area contributed by atoms with E-state index in [0.717, 1.165) is 23.2 Å². The lowest BCUT2D eigenvalue weighted by atomic mass is 10.0. The normalized spacial score (nSPS) is 20.1. The molecule has 2 rings (SSSR count). The van der Waals surface area contributed by atoms with Gasteiger partial charge in [0, 0.05) is 17.5 Å². The highest BCUT2D eigenvalue weighted by molar-refractivity contribution is 9.11. The zero-order valence-electron chi connectivity index (χ0n) is 11.4. The van der Waals surface area contributed by atoms with Crippen LogP contribution in [0.2, 0.25) is 0 Å². The van der Waals surface area contributed by atoms with Crippen molar-refractivity contribution >= 4 is 37.3 Å². The summed E-state index contributed by atoms with van der Waals surface area (Å²) >= 11 is 5.05. The van der Waals surface area contributed by atoms with Crippen LogP contribution in [0.1, 0.15) is 30.6 Å². The van der Waals surface area contributed by atoms with E-state index in [1.165, 1.54) is 17.7 Å². The first kappa shape index (κ1) is 16.4. The molecule has 114 valence electrons. The zero-order chi connectivity index (χ0) is 14.4. The first-order valence-electron chi connectivity index (χ1n) is 7.00. The van der Waals surface area contributed by atoms with Crippen molar-refractivity contribution in [1.82, 2.24) is 10.0 Å². The van der Waals surface area contributed by atoms with Crippen LogP contribution in [0.3, 0.4) is 0 Å². The molecule has 1 atom stereocenters. The Morgan fingerprint density at radius 1 is 1.40 bits per heavy atom. The van der Waals surface area contributed by atoms with Crippen molar-refractivity contribution in [2.75, 3.05) is 18.8 Å². The standard InChI is InChI=1S/C13H21BrN2O2S2/c14-13-5-4-12(19-13)6-9-16-20(17,18)10-7-11-3-1-2-8-15-11/h4-5,11,15-16H,1-3,6-10H2. The molecular weight excluding hydrogens is 360 g/mol. The van der Waals surface area contributed by atoms with Crippen LogP contribution in [0.15, 0.2) is 15.9 Å². The number of sulfonamides is 1. The van der Waals surface area contributed by atoms with Gasteiger partial charge in [0.1, 0.15) is 0 Å². The van der Waals surface area contributed by atoms with Gasteiger partial charge in [-0.3, -0.25) is 0 Å². The van der Waals surface area contributed by atoms with Crippen molar-refractivity contribution in [1.29, 1.82) is 0 Å². The Hall–Kier alpha value is 0.0500. The van der Waals surface area contributed by atoms with E-state index in [2.05, 4.69) is 26.0 Å². The molecule has 1 aliphatic rings. The molecule has 0 aromatic carbocycles.